The molecule has 1 aromatic heterocycles. The van der Waals surface area contributed by atoms with Crippen LogP contribution >= 0.6 is 11.6 Å². The molecule has 1 aromatic carbocycles. The molecule has 3 rings (SSSR count). The number of benzene rings is 1. The lowest BCUT2D eigenvalue weighted by molar-refractivity contribution is 0.0634. The number of amides is 1. The zero-order valence-corrected chi connectivity index (χ0v) is 17.8. The third-order valence-electron chi connectivity index (χ3n) is 5.13. The zero-order chi connectivity index (χ0) is 20.8. The predicted octanol–water partition coefficient (Wildman–Crippen LogP) is 3.17. The summed E-state index contributed by atoms with van der Waals surface area (Å²) < 4.78 is 5.50. The summed E-state index contributed by atoms with van der Waals surface area (Å²) in [6.07, 6.45) is 2.98. The van der Waals surface area contributed by atoms with Crippen LogP contribution in [-0.4, -0.2) is 64.6 Å². The number of β-amino-alcohol motifs (C(OH)–C–C–N with tert-alkyl or cyclic N) is 1. The monoisotopic (exact) mass is 420 g/mol. The number of aliphatic hydroxyl groups is 1. The van der Waals surface area contributed by atoms with Gasteiger partial charge >= 0.3 is 0 Å². The van der Waals surface area contributed by atoms with Crippen LogP contribution in [0.1, 0.15) is 41.7 Å². The van der Waals surface area contributed by atoms with E-state index in [9.17, 15) is 9.90 Å². The molecule has 2 N–H and O–H groups in total. The van der Waals surface area contributed by atoms with Gasteiger partial charge in [0.1, 0.15) is 6.26 Å². The fourth-order valence-corrected chi connectivity index (χ4v) is 3.58. The van der Waals surface area contributed by atoms with Gasteiger partial charge in [-0.1, -0.05) is 31.0 Å². The Hall–Kier alpha value is -1.93. The second kappa shape index (κ2) is 10.2. The summed E-state index contributed by atoms with van der Waals surface area (Å²) in [6.45, 7) is 8.86. The van der Waals surface area contributed by atoms with Crippen LogP contribution in [0.4, 0.5) is 5.69 Å². The van der Waals surface area contributed by atoms with E-state index >= 15 is 0 Å². The minimum absolute atomic E-state index is 0.247. The summed E-state index contributed by atoms with van der Waals surface area (Å²) in [5.74, 6) is 0.200. The lowest BCUT2D eigenvalue weighted by Gasteiger charge is -2.34. The summed E-state index contributed by atoms with van der Waals surface area (Å²) >= 11 is 6.10. The lowest BCUT2D eigenvalue weighted by atomic mass is 10.2. The van der Waals surface area contributed by atoms with Gasteiger partial charge in [-0.05, 0) is 31.0 Å². The van der Waals surface area contributed by atoms with Crippen molar-refractivity contribution >= 4 is 23.2 Å². The number of aromatic nitrogens is 1. The Labute approximate surface area is 176 Å². The van der Waals surface area contributed by atoms with E-state index in [1.165, 1.54) is 6.26 Å². The van der Waals surface area contributed by atoms with Gasteiger partial charge in [-0.25, -0.2) is 4.98 Å². The highest BCUT2D eigenvalue weighted by molar-refractivity contribution is 6.31. The molecule has 0 unspecified atom stereocenters. The van der Waals surface area contributed by atoms with Crippen molar-refractivity contribution in [3.8, 4) is 0 Å². The molecule has 1 aliphatic heterocycles. The molecule has 1 fully saturated rings. The van der Waals surface area contributed by atoms with E-state index in [2.05, 4.69) is 27.0 Å². The third-order valence-corrected chi connectivity index (χ3v) is 5.54. The number of halogens is 1. The first-order valence-electron chi connectivity index (χ1n) is 10.1. The smallest absolute Gasteiger partial charge is 0.277 e. The van der Waals surface area contributed by atoms with Crippen molar-refractivity contribution in [1.29, 1.82) is 0 Å². The fraction of sp³-hybridized carbons (Fsp3) is 0.524. The van der Waals surface area contributed by atoms with Crippen LogP contribution in [0.2, 0.25) is 5.02 Å². The van der Waals surface area contributed by atoms with Crippen LogP contribution in [-0.2, 0) is 6.54 Å². The Balaban J connectivity index is 1.48. The number of anilines is 1. The van der Waals surface area contributed by atoms with Crippen LogP contribution in [0.5, 0.6) is 0 Å². The number of nitrogens with zero attached hydrogens (tertiary/aromatic N) is 3. The quantitative estimate of drug-likeness (QED) is 0.682. The standard InChI is InChI=1S/C21H29ClN4O3/c1-3-4-17(27)12-25-7-9-26(10-8-25)13-20-24-19(14-29-20)21(28)23-16-6-5-15(2)18(22)11-16/h5-6,11,14,17,27H,3-4,7-10,12-13H2,1-2H3,(H,23,28)/t17-/m0/s1. The van der Waals surface area contributed by atoms with E-state index in [1.807, 2.05) is 13.0 Å². The van der Waals surface area contributed by atoms with Crippen molar-refractivity contribution in [2.24, 2.45) is 0 Å². The van der Waals surface area contributed by atoms with E-state index in [-0.39, 0.29) is 17.7 Å². The van der Waals surface area contributed by atoms with Gasteiger partial charge in [-0.2, -0.15) is 0 Å². The highest BCUT2D eigenvalue weighted by atomic mass is 35.5. The van der Waals surface area contributed by atoms with Gasteiger partial charge in [0.25, 0.3) is 5.91 Å². The molecule has 7 nitrogen and oxygen atoms in total. The molecular weight excluding hydrogens is 392 g/mol. The highest BCUT2D eigenvalue weighted by Crippen LogP contribution is 2.20. The molecule has 0 bridgehead atoms. The lowest BCUT2D eigenvalue weighted by Crippen LogP contribution is -2.48. The summed E-state index contributed by atoms with van der Waals surface area (Å²) in [5, 5.41) is 13.4. The van der Waals surface area contributed by atoms with E-state index in [4.69, 9.17) is 16.0 Å². The first-order chi connectivity index (χ1) is 13.9. The third kappa shape index (κ3) is 6.27. The zero-order valence-electron chi connectivity index (χ0n) is 17.0. The van der Waals surface area contributed by atoms with Crippen LogP contribution < -0.4 is 5.32 Å². The number of hydrogen-bond acceptors (Lipinski definition) is 6. The molecular formula is C21H29ClN4O3. The van der Waals surface area contributed by atoms with Crippen LogP contribution in [0, 0.1) is 6.92 Å². The van der Waals surface area contributed by atoms with Crippen molar-refractivity contribution in [3.63, 3.8) is 0 Å². The van der Waals surface area contributed by atoms with Gasteiger partial charge in [0, 0.05) is 43.4 Å². The molecule has 1 amide bonds. The average molecular weight is 421 g/mol. The molecule has 1 saturated heterocycles. The van der Waals surface area contributed by atoms with Gasteiger partial charge < -0.3 is 14.8 Å². The Morgan fingerprint density at radius 2 is 2.03 bits per heavy atom. The average Bonchev–Trinajstić information content (AvgIpc) is 3.15. The molecule has 2 aromatic rings. The molecule has 0 spiro atoms. The number of carbonyl (C=O) groups excluding carboxylic acids is 1. The van der Waals surface area contributed by atoms with Gasteiger partial charge in [-0.3, -0.25) is 14.6 Å². The Bertz CT molecular complexity index is 818. The number of aryl methyl sites for hydroxylation is 1. The number of oxazole rings is 1. The molecule has 2 heterocycles. The molecule has 1 atom stereocenters. The van der Waals surface area contributed by atoms with E-state index in [1.54, 1.807) is 12.1 Å². The van der Waals surface area contributed by atoms with Crippen molar-refractivity contribution in [1.82, 2.24) is 14.8 Å². The van der Waals surface area contributed by atoms with Crippen molar-refractivity contribution < 1.29 is 14.3 Å². The maximum Gasteiger partial charge on any atom is 0.277 e. The highest BCUT2D eigenvalue weighted by Gasteiger charge is 2.21. The molecule has 1 aliphatic rings. The first kappa shape index (κ1) is 21.8. The number of piperazine rings is 1. The topological polar surface area (TPSA) is 81.8 Å². The number of hydrogen-bond donors (Lipinski definition) is 2. The van der Waals surface area contributed by atoms with Crippen molar-refractivity contribution in [2.75, 3.05) is 38.0 Å². The van der Waals surface area contributed by atoms with Gasteiger partial charge in [0.2, 0.25) is 5.89 Å². The summed E-state index contributed by atoms with van der Waals surface area (Å²) in [6, 6.07) is 5.37. The maximum absolute atomic E-state index is 12.4. The Kier molecular flexibility index (Phi) is 7.66. The SMILES string of the molecule is CCC[C@H](O)CN1CCN(Cc2nc(C(=O)Nc3ccc(C)c(Cl)c3)co2)CC1. The molecule has 0 aliphatic carbocycles. The molecule has 158 valence electrons. The summed E-state index contributed by atoms with van der Waals surface area (Å²) in [5.41, 5.74) is 1.82. The van der Waals surface area contributed by atoms with Gasteiger partial charge in [0.05, 0.1) is 12.6 Å². The summed E-state index contributed by atoms with van der Waals surface area (Å²) in [7, 11) is 0. The maximum atomic E-state index is 12.4. The van der Waals surface area contributed by atoms with Crippen molar-refractivity contribution in [3.05, 3.63) is 46.6 Å². The van der Waals surface area contributed by atoms with Crippen LogP contribution in [0.3, 0.4) is 0 Å². The number of rotatable bonds is 8. The molecule has 0 radical (unpaired) electrons. The van der Waals surface area contributed by atoms with E-state index in [0.717, 1.165) is 51.1 Å². The van der Waals surface area contributed by atoms with Crippen molar-refractivity contribution in [2.45, 2.75) is 39.3 Å². The van der Waals surface area contributed by atoms with E-state index in [0.29, 0.717) is 23.1 Å². The van der Waals surface area contributed by atoms with E-state index < -0.39 is 0 Å². The van der Waals surface area contributed by atoms with Crippen LogP contribution in [0.25, 0.3) is 0 Å². The number of aliphatic hydroxyl groups excluding tert-OH is 1. The van der Waals surface area contributed by atoms with Crippen LogP contribution in [0.15, 0.2) is 28.9 Å². The normalized spacial score (nSPS) is 16.7. The Morgan fingerprint density at radius 3 is 2.72 bits per heavy atom. The minimum atomic E-state index is -0.324. The molecule has 8 heteroatoms. The Morgan fingerprint density at radius 1 is 1.31 bits per heavy atom. The van der Waals surface area contributed by atoms with Gasteiger partial charge in [0.15, 0.2) is 5.69 Å². The predicted molar refractivity (Wildman–Crippen MR) is 113 cm³/mol. The number of nitrogens with one attached hydrogen (secondary N) is 1. The molecule has 0 saturated carbocycles. The second-order valence-electron chi connectivity index (χ2n) is 7.56. The molecule has 29 heavy (non-hydrogen) atoms. The number of carbonyl (C=O) groups is 1. The minimum Gasteiger partial charge on any atom is -0.447 e. The largest absolute Gasteiger partial charge is 0.447 e. The fourth-order valence-electron chi connectivity index (χ4n) is 3.40. The van der Waals surface area contributed by atoms with Gasteiger partial charge in [-0.15, -0.1) is 0 Å². The summed E-state index contributed by atoms with van der Waals surface area (Å²) in [4.78, 5) is 21.3. The second-order valence-corrected chi connectivity index (χ2v) is 7.97. The first-order valence-corrected chi connectivity index (χ1v) is 10.5.